The van der Waals surface area contributed by atoms with Gasteiger partial charge in [0.2, 0.25) is 5.91 Å². The van der Waals surface area contributed by atoms with Crippen LogP contribution in [0.4, 0.5) is 9.93 Å². The molecule has 2 N–H and O–H groups in total. The Bertz CT molecular complexity index is 729. The number of ether oxygens (including phenoxy) is 1. The summed E-state index contributed by atoms with van der Waals surface area (Å²) in [4.78, 5) is 42.7. The van der Waals surface area contributed by atoms with E-state index < -0.39 is 6.16 Å². The molecule has 1 heterocycles. The molecule has 0 saturated heterocycles. The summed E-state index contributed by atoms with van der Waals surface area (Å²) in [7, 11) is 1.15. The Morgan fingerprint density at radius 2 is 1.73 bits per heavy atom. The average Bonchev–Trinajstić information content (AvgIpc) is 3.04. The highest BCUT2D eigenvalue weighted by Gasteiger charge is 2.08. The number of carbonyl (C=O) groups is 3. The molecular formula is C17H21N3O5S. The van der Waals surface area contributed by atoms with Crippen molar-refractivity contribution in [2.75, 3.05) is 12.4 Å². The first-order valence-electron chi connectivity index (χ1n) is 8.27. The molecule has 0 aliphatic rings. The second-order valence-electron chi connectivity index (χ2n) is 5.53. The van der Waals surface area contributed by atoms with Crippen molar-refractivity contribution < 1.29 is 24.0 Å². The van der Waals surface area contributed by atoms with Gasteiger partial charge in [0.15, 0.2) is 5.13 Å². The number of benzene rings is 1. The normalized spacial score (nSPS) is 10.3. The number of nitrogens with zero attached hydrogens (tertiary/aromatic N) is 1. The van der Waals surface area contributed by atoms with Crippen LogP contribution >= 0.6 is 11.3 Å². The third-order valence-electron chi connectivity index (χ3n) is 3.51. The number of unbranched alkanes of at least 4 members (excludes halogenated alkanes) is 3. The number of fused-ring (bicyclic) bond motifs is 1. The van der Waals surface area contributed by atoms with Crippen LogP contribution < -0.4 is 10.8 Å². The van der Waals surface area contributed by atoms with Crippen LogP contribution in [0, 0.1) is 0 Å². The largest absolute Gasteiger partial charge is 0.533 e. The van der Waals surface area contributed by atoms with Crippen LogP contribution in [0.15, 0.2) is 24.3 Å². The summed E-state index contributed by atoms with van der Waals surface area (Å²) in [5.74, 6) is -0.447. The van der Waals surface area contributed by atoms with Gasteiger partial charge in [-0.3, -0.25) is 9.59 Å². The van der Waals surface area contributed by atoms with E-state index in [4.69, 9.17) is 0 Å². The molecule has 0 aliphatic carbocycles. The van der Waals surface area contributed by atoms with E-state index in [1.807, 2.05) is 29.7 Å². The maximum atomic E-state index is 11.9. The molecule has 0 aliphatic heterocycles. The number of nitrogens with one attached hydrogen (secondary N) is 2. The number of aromatic nitrogens is 1. The number of amides is 2. The fourth-order valence-electron chi connectivity index (χ4n) is 2.22. The van der Waals surface area contributed by atoms with Crippen LogP contribution in [0.1, 0.15) is 38.5 Å². The van der Waals surface area contributed by atoms with Crippen LogP contribution in [-0.2, 0) is 19.2 Å². The van der Waals surface area contributed by atoms with Crippen molar-refractivity contribution >= 4 is 44.7 Å². The molecule has 0 bridgehead atoms. The lowest BCUT2D eigenvalue weighted by Crippen LogP contribution is -2.26. The van der Waals surface area contributed by atoms with E-state index in [1.165, 1.54) is 11.3 Å². The highest BCUT2D eigenvalue weighted by Crippen LogP contribution is 2.25. The molecule has 9 heteroatoms. The molecule has 2 aromatic rings. The predicted molar refractivity (Wildman–Crippen MR) is 97.6 cm³/mol. The number of hydrogen-bond acceptors (Lipinski definition) is 7. The Morgan fingerprint density at radius 3 is 2.42 bits per heavy atom. The number of hydrogen-bond donors (Lipinski definition) is 2. The standard InChI is InChI=1S/C17H21N3O5S/c1-24-17(23)25-20-15(22)11-5-3-2-4-10-14(21)19-16-18-12-8-6-7-9-13(12)26-16/h6-9H,2-5,10-11H2,1H3,(H,20,22)(H,18,19,21). The Morgan fingerprint density at radius 1 is 1.04 bits per heavy atom. The SMILES string of the molecule is COC(=O)ONC(=O)CCCCCCC(=O)Nc1nc2ccccc2s1. The van der Waals surface area contributed by atoms with E-state index >= 15 is 0 Å². The lowest BCUT2D eigenvalue weighted by atomic mass is 10.1. The lowest BCUT2D eigenvalue weighted by Gasteiger charge is -2.04. The van der Waals surface area contributed by atoms with Crippen molar-refractivity contribution in [1.82, 2.24) is 10.5 Å². The fraction of sp³-hybridized carbons (Fsp3) is 0.412. The molecule has 2 amide bonds. The zero-order valence-electron chi connectivity index (χ0n) is 14.4. The van der Waals surface area contributed by atoms with Gasteiger partial charge in [-0.15, -0.1) is 0 Å². The van der Waals surface area contributed by atoms with Crippen LogP contribution in [0.25, 0.3) is 10.2 Å². The number of thiazole rings is 1. The van der Waals surface area contributed by atoms with E-state index in [9.17, 15) is 14.4 Å². The summed E-state index contributed by atoms with van der Waals surface area (Å²) in [5, 5.41) is 3.43. The third-order valence-corrected chi connectivity index (χ3v) is 4.46. The van der Waals surface area contributed by atoms with E-state index in [0.29, 0.717) is 18.0 Å². The molecule has 0 saturated carbocycles. The van der Waals surface area contributed by atoms with Gasteiger partial charge >= 0.3 is 6.16 Å². The van der Waals surface area contributed by atoms with E-state index in [2.05, 4.69) is 19.9 Å². The van der Waals surface area contributed by atoms with Crippen molar-refractivity contribution in [2.24, 2.45) is 0 Å². The average molecular weight is 379 g/mol. The first-order valence-corrected chi connectivity index (χ1v) is 9.09. The molecule has 0 unspecified atom stereocenters. The first-order chi connectivity index (χ1) is 12.6. The number of methoxy groups -OCH3 is 1. The molecule has 0 spiro atoms. The smallest absolute Gasteiger partial charge is 0.436 e. The summed E-state index contributed by atoms with van der Waals surface area (Å²) in [6.07, 6.45) is 2.71. The summed E-state index contributed by atoms with van der Waals surface area (Å²) in [6, 6.07) is 7.73. The van der Waals surface area contributed by atoms with Crippen molar-refractivity contribution in [3.8, 4) is 0 Å². The van der Waals surface area contributed by atoms with Gasteiger partial charge in [-0.25, -0.2) is 9.78 Å². The molecule has 1 aromatic carbocycles. The molecule has 1 aromatic heterocycles. The Labute approximate surface area is 154 Å². The van der Waals surface area contributed by atoms with Gasteiger partial charge in [-0.1, -0.05) is 36.3 Å². The number of carbonyl (C=O) groups excluding carboxylic acids is 3. The fourth-order valence-corrected chi connectivity index (χ4v) is 3.11. The zero-order valence-corrected chi connectivity index (χ0v) is 15.3. The highest BCUT2D eigenvalue weighted by atomic mass is 32.1. The maximum Gasteiger partial charge on any atom is 0.533 e. The van der Waals surface area contributed by atoms with Gasteiger partial charge in [-0.2, -0.15) is 5.48 Å². The van der Waals surface area contributed by atoms with Crippen LogP contribution in [0.2, 0.25) is 0 Å². The third kappa shape index (κ3) is 6.67. The molecule has 8 nitrogen and oxygen atoms in total. The number of anilines is 1. The number of hydroxylamine groups is 1. The second-order valence-corrected chi connectivity index (χ2v) is 6.56. The van der Waals surface area contributed by atoms with Crippen LogP contribution in [0.3, 0.4) is 0 Å². The number of rotatable bonds is 8. The van der Waals surface area contributed by atoms with Crippen molar-refractivity contribution in [1.29, 1.82) is 0 Å². The van der Waals surface area contributed by atoms with Gasteiger partial charge in [0.05, 0.1) is 17.3 Å². The molecule has 26 heavy (non-hydrogen) atoms. The Kier molecular flexibility index (Phi) is 7.81. The van der Waals surface area contributed by atoms with Gasteiger partial charge in [0.1, 0.15) is 0 Å². The minimum Gasteiger partial charge on any atom is -0.436 e. The van der Waals surface area contributed by atoms with E-state index in [1.54, 1.807) is 0 Å². The Balaban J connectivity index is 1.54. The first kappa shape index (κ1) is 19.6. The molecule has 0 atom stereocenters. The summed E-state index contributed by atoms with van der Waals surface area (Å²) in [5.41, 5.74) is 2.87. The zero-order chi connectivity index (χ0) is 18.8. The Hall–Kier alpha value is -2.68. The van der Waals surface area contributed by atoms with Crippen molar-refractivity contribution in [2.45, 2.75) is 38.5 Å². The number of para-hydroxylation sites is 1. The summed E-state index contributed by atoms with van der Waals surface area (Å²) >= 11 is 1.45. The molecule has 140 valence electrons. The minimum absolute atomic E-state index is 0.0618. The van der Waals surface area contributed by atoms with Crippen molar-refractivity contribution in [3.63, 3.8) is 0 Å². The quantitative estimate of drug-likeness (QED) is 0.414. The van der Waals surface area contributed by atoms with Crippen LogP contribution in [0.5, 0.6) is 0 Å². The van der Waals surface area contributed by atoms with Crippen molar-refractivity contribution in [3.05, 3.63) is 24.3 Å². The molecular weight excluding hydrogens is 358 g/mol. The highest BCUT2D eigenvalue weighted by molar-refractivity contribution is 7.22. The predicted octanol–water partition coefficient (Wildman–Crippen LogP) is 3.39. The molecule has 2 rings (SSSR count). The van der Waals surface area contributed by atoms with E-state index in [0.717, 1.165) is 36.6 Å². The van der Waals surface area contributed by atoms with Crippen LogP contribution in [-0.4, -0.2) is 30.1 Å². The van der Waals surface area contributed by atoms with E-state index in [-0.39, 0.29) is 18.2 Å². The molecule has 0 radical (unpaired) electrons. The lowest BCUT2D eigenvalue weighted by molar-refractivity contribution is -0.131. The van der Waals surface area contributed by atoms with Gasteiger partial charge in [0, 0.05) is 12.8 Å². The maximum absolute atomic E-state index is 11.9. The van der Waals surface area contributed by atoms with Gasteiger partial charge < -0.3 is 14.9 Å². The summed E-state index contributed by atoms with van der Waals surface area (Å²) < 4.78 is 5.26. The van der Waals surface area contributed by atoms with Gasteiger partial charge in [0.25, 0.3) is 5.91 Å². The molecule has 0 fully saturated rings. The minimum atomic E-state index is -0.961. The van der Waals surface area contributed by atoms with Gasteiger partial charge in [-0.05, 0) is 25.0 Å². The second kappa shape index (κ2) is 10.3. The topological polar surface area (TPSA) is 107 Å². The summed E-state index contributed by atoms with van der Waals surface area (Å²) in [6.45, 7) is 0. The monoisotopic (exact) mass is 379 g/mol.